The Morgan fingerprint density at radius 3 is 2.24 bits per heavy atom. The van der Waals surface area contributed by atoms with Gasteiger partial charge < -0.3 is 14.6 Å². The van der Waals surface area contributed by atoms with Crippen LogP contribution in [-0.4, -0.2) is 10.5 Å². The summed E-state index contributed by atoms with van der Waals surface area (Å²) >= 11 is 0. The highest BCUT2D eigenvalue weighted by atomic mass is 19.1. The SMILES string of the molecule is O=C(CC(c1cccc(OCc2ccccc2)c1)c1cn(Cc2ccccc2)c2ccccc12)Nc1ccccc1F. The third kappa shape index (κ3) is 6.26. The minimum Gasteiger partial charge on any atom is -0.489 e. The van der Waals surface area contributed by atoms with E-state index in [2.05, 4.69) is 40.3 Å². The number of hydrogen-bond acceptors (Lipinski definition) is 2. The van der Waals surface area contributed by atoms with Gasteiger partial charge in [-0.15, -0.1) is 0 Å². The zero-order valence-corrected chi connectivity index (χ0v) is 23.1. The van der Waals surface area contributed by atoms with E-state index in [1.807, 2.05) is 84.9 Å². The van der Waals surface area contributed by atoms with Crippen LogP contribution in [0.15, 0.2) is 140 Å². The highest BCUT2D eigenvalue weighted by Crippen LogP contribution is 2.37. The van der Waals surface area contributed by atoms with E-state index in [-0.39, 0.29) is 23.9 Å². The van der Waals surface area contributed by atoms with Crippen molar-refractivity contribution >= 4 is 22.5 Å². The maximum Gasteiger partial charge on any atom is 0.225 e. The van der Waals surface area contributed by atoms with Crippen molar-refractivity contribution in [3.63, 3.8) is 0 Å². The molecule has 1 atom stereocenters. The highest BCUT2D eigenvalue weighted by molar-refractivity contribution is 5.93. The molecule has 6 aromatic rings. The summed E-state index contributed by atoms with van der Waals surface area (Å²) in [6, 6.07) is 42.8. The molecule has 42 heavy (non-hydrogen) atoms. The first kappa shape index (κ1) is 27.0. The number of rotatable bonds is 10. The van der Waals surface area contributed by atoms with Gasteiger partial charge in [-0.25, -0.2) is 4.39 Å². The Hall–Kier alpha value is -5.16. The number of fused-ring (bicyclic) bond motifs is 1. The number of aromatic nitrogens is 1. The van der Waals surface area contributed by atoms with Crippen molar-refractivity contribution in [3.8, 4) is 5.75 Å². The molecule has 0 spiro atoms. The van der Waals surface area contributed by atoms with Crippen LogP contribution in [0.2, 0.25) is 0 Å². The molecule has 4 nitrogen and oxygen atoms in total. The molecule has 0 fully saturated rings. The molecule has 1 amide bonds. The number of hydrogen-bond donors (Lipinski definition) is 1. The number of ether oxygens (including phenoxy) is 1. The van der Waals surface area contributed by atoms with E-state index in [0.29, 0.717) is 13.2 Å². The van der Waals surface area contributed by atoms with Crippen LogP contribution in [0.3, 0.4) is 0 Å². The minimum atomic E-state index is -0.460. The van der Waals surface area contributed by atoms with Crippen molar-refractivity contribution in [2.45, 2.75) is 25.5 Å². The summed E-state index contributed by atoms with van der Waals surface area (Å²) in [7, 11) is 0. The van der Waals surface area contributed by atoms with Gasteiger partial charge in [-0.1, -0.05) is 103 Å². The topological polar surface area (TPSA) is 43.3 Å². The highest BCUT2D eigenvalue weighted by Gasteiger charge is 2.24. The smallest absolute Gasteiger partial charge is 0.225 e. The van der Waals surface area contributed by atoms with Crippen LogP contribution in [0.1, 0.15) is 34.6 Å². The van der Waals surface area contributed by atoms with E-state index in [1.165, 1.54) is 11.6 Å². The molecule has 208 valence electrons. The maximum absolute atomic E-state index is 14.4. The maximum atomic E-state index is 14.4. The van der Waals surface area contributed by atoms with Crippen molar-refractivity contribution in [3.05, 3.63) is 168 Å². The van der Waals surface area contributed by atoms with E-state index in [1.54, 1.807) is 18.2 Å². The van der Waals surface area contributed by atoms with E-state index >= 15 is 0 Å². The lowest BCUT2D eigenvalue weighted by molar-refractivity contribution is -0.116. The largest absolute Gasteiger partial charge is 0.489 e. The van der Waals surface area contributed by atoms with Crippen LogP contribution in [0.4, 0.5) is 10.1 Å². The predicted octanol–water partition coefficient (Wildman–Crippen LogP) is 8.57. The number of halogens is 1. The third-order valence-corrected chi connectivity index (χ3v) is 7.44. The zero-order valence-electron chi connectivity index (χ0n) is 23.1. The molecule has 1 heterocycles. The van der Waals surface area contributed by atoms with E-state index < -0.39 is 5.82 Å². The van der Waals surface area contributed by atoms with Gasteiger partial charge in [0, 0.05) is 36.0 Å². The van der Waals surface area contributed by atoms with Crippen molar-refractivity contribution in [2.75, 3.05) is 5.32 Å². The minimum absolute atomic E-state index is 0.135. The van der Waals surface area contributed by atoms with Crippen molar-refractivity contribution in [1.82, 2.24) is 4.57 Å². The monoisotopic (exact) mass is 554 g/mol. The lowest BCUT2D eigenvalue weighted by atomic mass is 9.88. The second-order valence-corrected chi connectivity index (χ2v) is 10.3. The van der Waals surface area contributed by atoms with Gasteiger partial charge in [-0.2, -0.15) is 0 Å². The standard InChI is InChI=1S/C37H31FN2O2/c38-34-19-8-9-20-35(34)39-37(41)23-32(29-16-11-17-30(22-29)42-26-28-14-5-2-6-15-28)33-25-40(24-27-12-3-1-4-13-27)36-21-10-7-18-31(33)36/h1-22,25,32H,23-24,26H2,(H,39,41). The Morgan fingerprint density at radius 1 is 0.762 bits per heavy atom. The fourth-order valence-corrected chi connectivity index (χ4v) is 5.38. The fourth-order valence-electron chi connectivity index (χ4n) is 5.38. The number of amides is 1. The van der Waals surface area contributed by atoms with Crippen LogP contribution < -0.4 is 10.1 Å². The third-order valence-electron chi connectivity index (χ3n) is 7.44. The van der Waals surface area contributed by atoms with Gasteiger partial charge in [-0.3, -0.25) is 4.79 Å². The molecular formula is C37H31FN2O2. The number of benzene rings is 5. The summed E-state index contributed by atoms with van der Waals surface area (Å²) in [6.45, 7) is 1.15. The second kappa shape index (κ2) is 12.6. The molecule has 0 aliphatic carbocycles. The Balaban J connectivity index is 1.37. The fraction of sp³-hybridized carbons (Fsp3) is 0.108. The Kier molecular flexibility index (Phi) is 8.09. The van der Waals surface area contributed by atoms with Gasteiger partial charge in [0.2, 0.25) is 5.91 Å². The number of anilines is 1. The number of para-hydroxylation sites is 2. The van der Waals surface area contributed by atoms with Crippen LogP contribution in [0.25, 0.3) is 10.9 Å². The lowest BCUT2D eigenvalue weighted by Crippen LogP contribution is -2.17. The van der Waals surface area contributed by atoms with Gasteiger partial charge in [0.15, 0.2) is 0 Å². The van der Waals surface area contributed by atoms with Gasteiger partial charge >= 0.3 is 0 Å². The number of nitrogens with one attached hydrogen (secondary N) is 1. The summed E-state index contributed by atoms with van der Waals surface area (Å²) in [6.07, 6.45) is 2.28. The van der Waals surface area contributed by atoms with Crippen LogP contribution >= 0.6 is 0 Å². The van der Waals surface area contributed by atoms with E-state index in [4.69, 9.17) is 4.74 Å². The molecule has 0 aliphatic heterocycles. The van der Waals surface area contributed by atoms with Crippen molar-refractivity contribution in [2.24, 2.45) is 0 Å². The first-order valence-electron chi connectivity index (χ1n) is 14.1. The molecule has 6 rings (SSSR count). The molecule has 1 N–H and O–H groups in total. The lowest BCUT2D eigenvalue weighted by Gasteiger charge is -2.19. The molecule has 1 unspecified atom stereocenters. The summed E-state index contributed by atoms with van der Waals surface area (Å²) in [5.74, 6) is -0.290. The molecule has 1 aromatic heterocycles. The summed E-state index contributed by atoms with van der Waals surface area (Å²) in [5.41, 5.74) is 5.51. The van der Waals surface area contributed by atoms with Crippen LogP contribution in [0.5, 0.6) is 5.75 Å². The summed E-state index contributed by atoms with van der Waals surface area (Å²) in [4.78, 5) is 13.4. The van der Waals surface area contributed by atoms with Gasteiger partial charge in [-0.05, 0) is 52.6 Å². The molecule has 0 aliphatic rings. The Labute approximate surface area is 245 Å². The van der Waals surface area contributed by atoms with Gasteiger partial charge in [0.1, 0.15) is 18.2 Å². The second-order valence-electron chi connectivity index (χ2n) is 10.3. The Bertz CT molecular complexity index is 1800. The van der Waals surface area contributed by atoms with Crippen molar-refractivity contribution in [1.29, 1.82) is 0 Å². The Morgan fingerprint density at radius 2 is 1.45 bits per heavy atom. The number of nitrogens with zero attached hydrogens (tertiary/aromatic N) is 1. The number of carbonyl (C=O) groups excluding carboxylic acids is 1. The van der Waals surface area contributed by atoms with Gasteiger partial charge in [0.25, 0.3) is 0 Å². The summed E-state index contributed by atoms with van der Waals surface area (Å²) in [5, 5.41) is 3.86. The molecular weight excluding hydrogens is 523 g/mol. The van der Waals surface area contributed by atoms with Crippen LogP contribution in [0, 0.1) is 5.82 Å². The zero-order chi connectivity index (χ0) is 28.7. The quantitative estimate of drug-likeness (QED) is 0.184. The molecule has 0 bridgehead atoms. The van der Waals surface area contributed by atoms with Gasteiger partial charge in [0.05, 0.1) is 5.69 Å². The first-order valence-corrected chi connectivity index (χ1v) is 14.1. The molecule has 0 saturated carbocycles. The molecule has 0 radical (unpaired) electrons. The molecule has 5 aromatic carbocycles. The van der Waals surface area contributed by atoms with Crippen molar-refractivity contribution < 1.29 is 13.9 Å². The van der Waals surface area contributed by atoms with Crippen LogP contribution in [-0.2, 0) is 17.9 Å². The predicted molar refractivity (Wildman–Crippen MR) is 166 cm³/mol. The average molecular weight is 555 g/mol. The average Bonchev–Trinajstić information content (AvgIpc) is 3.39. The van der Waals surface area contributed by atoms with E-state index in [0.717, 1.165) is 33.3 Å². The normalized spacial score (nSPS) is 11.7. The summed E-state index contributed by atoms with van der Waals surface area (Å²) < 4.78 is 22.8. The molecule has 5 heteroatoms. The van der Waals surface area contributed by atoms with E-state index in [9.17, 15) is 9.18 Å². The molecule has 0 saturated heterocycles. The number of carbonyl (C=O) groups is 1. The first-order chi connectivity index (χ1) is 20.6.